The SMILES string of the molecule is CC(C)c1ccc(NC(=O)c2cc(-c3ccccc3)nn2-c2ccccc2)cc1. The molecule has 0 aliphatic carbocycles. The van der Waals surface area contributed by atoms with E-state index in [-0.39, 0.29) is 5.91 Å². The van der Waals surface area contributed by atoms with Crippen LogP contribution in [0.25, 0.3) is 16.9 Å². The van der Waals surface area contributed by atoms with Crippen LogP contribution in [0, 0.1) is 0 Å². The molecule has 0 atom stereocenters. The number of anilines is 1. The molecule has 4 aromatic rings. The van der Waals surface area contributed by atoms with Crippen LogP contribution in [0.1, 0.15) is 35.8 Å². The van der Waals surface area contributed by atoms with Crippen LogP contribution < -0.4 is 5.32 Å². The lowest BCUT2D eigenvalue weighted by Crippen LogP contribution is -2.17. The Morgan fingerprint density at radius 1 is 0.862 bits per heavy atom. The Hall–Kier alpha value is -3.66. The highest BCUT2D eigenvalue weighted by Crippen LogP contribution is 2.23. The summed E-state index contributed by atoms with van der Waals surface area (Å²) in [6.07, 6.45) is 0. The van der Waals surface area contributed by atoms with Crippen molar-refractivity contribution in [1.82, 2.24) is 9.78 Å². The molecule has 0 radical (unpaired) electrons. The Labute approximate surface area is 170 Å². The minimum Gasteiger partial charge on any atom is -0.321 e. The fraction of sp³-hybridized carbons (Fsp3) is 0.120. The van der Waals surface area contributed by atoms with Gasteiger partial charge in [0.25, 0.3) is 5.91 Å². The molecule has 0 unspecified atom stereocenters. The van der Waals surface area contributed by atoms with Crippen molar-refractivity contribution in [2.24, 2.45) is 0 Å². The summed E-state index contributed by atoms with van der Waals surface area (Å²) in [5, 5.41) is 7.71. The van der Waals surface area contributed by atoms with Crippen LogP contribution in [0.4, 0.5) is 5.69 Å². The molecule has 4 heteroatoms. The zero-order chi connectivity index (χ0) is 20.2. The van der Waals surface area contributed by atoms with E-state index < -0.39 is 0 Å². The molecule has 3 aromatic carbocycles. The number of amides is 1. The third-order valence-electron chi connectivity index (χ3n) is 4.85. The van der Waals surface area contributed by atoms with E-state index in [1.54, 1.807) is 4.68 Å². The summed E-state index contributed by atoms with van der Waals surface area (Å²) in [6.45, 7) is 4.30. The first kappa shape index (κ1) is 18.7. The van der Waals surface area contributed by atoms with E-state index in [2.05, 4.69) is 19.2 Å². The maximum atomic E-state index is 13.1. The van der Waals surface area contributed by atoms with Gasteiger partial charge < -0.3 is 5.32 Å². The van der Waals surface area contributed by atoms with Crippen LogP contribution in [-0.4, -0.2) is 15.7 Å². The highest BCUT2D eigenvalue weighted by Gasteiger charge is 2.18. The van der Waals surface area contributed by atoms with Crippen LogP contribution in [-0.2, 0) is 0 Å². The van der Waals surface area contributed by atoms with Crippen LogP contribution in [0.5, 0.6) is 0 Å². The fourth-order valence-electron chi connectivity index (χ4n) is 3.21. The van der Waals surface area contributed by atoms with E-state index in [1.807, 2.05) is 91.0 Å². The van der Waals surface area contributed by atoms with Gasteiger partial charge in [-0.3, -0.25) is 4.79 Å². The number of hydrogen-bond acceptors (Lipinski definition) is 2. The van der Waals surface area contributed by atoms with E-state index in [9.17, 15) is 4.79 Å². The quantitative estimate of drug-likeness (QED) is 0.467. The second-order valence-electron chi connectivity index (χ2n) is 7.26. The average molecular weight is 381 g/mol. The zero-order valence-corrected chi connectivity index (χ0v) is 16.5. The molecule has 0 saturated carbocycles. The van der Waals surface area contributed by atoms with Crippen molar-refractivity contribution >= 4 is 11.6 Å². The van der Waals surface area contributed by atoms with Gasteiger partial charge in [0.05, 0.1) is 11.4 Å². The van der Waals surface area contributed by atoms with Gasteiger partial charge in [0.2, 0.25) is 0 Å². The van der Waals surface area contributed by atoms with Crippen LogP contribution >= 0.6 is 0 Å². The lowest BCUT2D eigenvalue weighted by Gasteiger charge is -2.10. The normalized spacial score (nSPS) is 10.9. The molecule has 0 spiro atoms. The second-order valence-corrected chi connectivity index (χ2v) is 7.26. The van der Waals surface area contributed by atoms with Gasteiger partial charge in [0.1, 0.15) is 5.69 Å². The van der Waals surface area contributed by atoms with Crippen molar-refractivity contribution in [2.45, 2.75) is 19.8 Å². The summed E-state index contributed by atoms with van der Waals surface area (Å²) in [6, 6.07) is 29.4. The van der Waals surface area contributed by atoms with Gasteiger partial charge in [-0.1, -0.05) is 74.5 Å². The van der Waals surface area contributed by atoms with Gasteiger partial charge in [-0.05, 0) is 41.8 Å². The standard InChI is InChI=1S/C25H23N3O/c1-18(2)19-13-15-21(16-14-19)26-25(29)24-17-23(20-9-5-3-6-10-20)27-28(24)22-11-7-4-8-12-22/h3-18H,1-2H3,(H,26,29). The number of benzene rings is 3. The van der Waals surface area contributed by atoms with Crippen molar-refractivity contribution < 1.29 is 4.79 Å². The first-order valence-electron chi connectivity index (χ1n) is 9.74. The largest absolute Gasteiger partial charge is 0.321 e. The molecule has 0 bridgehead atoms. The molecule has 1 amide bonds. The summed E-state index contributed by atoms with van der Waals surface area (Å²) < 4.78 is 1.69. The van der Waals surface area contributed by atoms with Gasteiger partial charge in [-0.15, -0.1) is 0 Å². The van der Waals surface area contributed by atoms with Crippen molar-refractivity contribution in [2.75, 3.05) is 5.32 Å². The highest BCUT2D eigenvalue weighted by molar-refractivity contribution is 6.04. The number of aromatic nitrogens is 2. The smallest absolute Gasteiger partial charge is 0.274 e. The van der Waals surface area contributed by atoms with Crippen molar-refractivity contribution in [3.05, 3.63) is 102 Å². The van der Waals surface area contributed by atoms with Crippen LogP contribution in [0.15, 0.2) is 91.0 Å². The lowest BCUT2D eigenvalue weighted by atomic mass is 10.0. The average Bonchev–Trinajstić information content (AvgIpc) is 3.21. The molecule has 29 heavy (non-hydrogen) atoms. The second kappa shape index (κ2) is 8.15. The third kappa shape index (κ3) is 4.11. The minimum atomic E-state index is -0.194. The van der Waals surface area contributed by atoms with Crippen LogP contribution in [0.2, 0.25) is 0 Å². The molecule has 1 N–H and O–H groups in total. The molecule has 0 fully saturated rings. The molecule has 1 heterocycles. The Morgan fingerprint density at radius 2 is 1.48 bits per heavy atom. The number of rotatable bonds is 5. The molecule has 0 aliphatic rings. The Bertz CT molecular complexity index is 1100. The maximum Gasteiger partial charge on any atom is 0.274 e. The highest BCUT2D eigenvalue weighted by atomic mass is 16.2. The van der Waals surface area contributed by atoms with Crippen LogP contribution in [0.3, 0.4) is 0 Å². The van der Waals surface area contributed by atoms with Gasteiger partial charge in [-0.2, -0.15) is 5.10 Å². The monoisotopic (exact) mass is 381 g/mol. The summed E-state index contributed by atoms with van der Waals surface area (Å²) in [5.74, 6) is 0.258. The summed E-state index contributed by atoms with van der Waals surface area (Å²) in [4.78, 5) is 13.1. The van der Waals surface area contributed by atoms with Gasteiger partial charge in [0.15, 0.2) is 0 Å². The summed E-state index contributed by atoms with van der Waals surface area (Å²) >= 11 is 0. The molecule has 144 valence electrons. The number of hydrogen-bond donors (Lipinski definition) is 1. The zero-order valence-electron chi connectivity index (χ0n) is 16.5. The third-order valence-corrected chi connectivity index (χ3v) is 4.85. The first-order chi connectivity index (χ1) is 14.1. The van der Waals surface area contributed by atoms with E-state index in [1.165, 1.54) is 5.56 Å². The number of carbonyl (C=O) groups is 1. The molecule has 4 rings (SSSR count). The van der Waals surface area contributed by atoms with E-state index in [0.717, 1.165) is 22.6 Å². The Kier molecular flexibility index (Phi) is 5.25. The summed E-state index contributed by atoms with van der Waals surface area (Å²) in [5.41, 5.74) is 5.07. The Morgan fingerprint density at radius 3 is 2.10 bits per heavy atom. The number of nitrogens with zero attached hydrogens (tertiary/aromatic N) is 2. The molecular formula is C25H23N3O. The first-order valence-corrected chi connectivity index (χ1v) is 9.74. The molecule has 4 nitrogen and oxygen atoms in total. The predicted octanol–water partition coefficient (Wildman–Crippen LogP) is 5.92. The van der Waals surface area contributed by atoms with Gasteiger partial charge in [-0.25, -0.2) is 4.68 Å². The molecule has 0 saturated heterocycles. The van der Waals surface area contributed by atoms with E-state index in [0.29, 0.717) is 11.6 Å². The lowest BCUT2D eigenvalue weighted by molar-refractivity contribution is 0.101. The molecule has 1 aromatic heterocycles. The van der Waals surface area contributed by atoms with Crippen molar-refractivity contribution in [3.8, 4) is 16.9 Å². The topological polar surface area (TPSA) is 46.9 Å². The van der Waals surface area contributed by atoms with Gasteiger partial charge >= 0.3 is 0 Å². The predicted molar refractivity (Wildman–Crippen MR) is 117 cm³/mol. The molecular weight excluding hydrogens is 358 g/mol. The molecule has 0 aliphatic heterocycles. The number of nitrogens with one attached hydrogen (secondary N) is 1. The fourth-order valence-corrected chi connectivity index (χ4v) is 3.21. The minimum absolute atomic E-state index is 0.194. The number of carbonyl (C=O) groups excluding carboxylic acids is 1. The van der Waals surface area contributed by atoms with Gasteiger partial charge in [0, 0.05) is 11.3 Å². The van der Waals surface area contributed by atoms with E-state index in [4.69, 9.17) is 5.10 Å². The summed E-state index contributed by atoms with van der Waals surface area (Å²) in [7, 11) is 0. The van der Waals surface area contributed by atoms with Crippen molar-refractivity contribution in [1.29, 1.82) is 0 Å². The van der Waals surface area contributed by atoms with Crippen molar-refractivity contribution in [3.63, 3.8) is 0 Å². The van der Waals surface area contributed by atoms with E-state index >= 15 is 0 Å². The number of para-hydroxylation sites is 1. The Balaban J connectivity index is 1.69. The maximum absolute atomic E-state index is 13.1.